The summed E-state index contributed by atoms with van der Waals surface area (Å²) in [6.07, 6.45) is -0.0304. The highest BCUT2D eigenvalue weighted by Crippen LogP contribution is 2.44. The number of hydrogen-bond acceptors (Lipinski definition) is 6. The maximum absolute atomic E-state index is 12.7. The number of alkyl carbamates (subject to hydrolysis) is 1. The number of carbonyl (C=O) groups is 3. The van der Waals surface area contributed by atoms with Crippen molar-refractivity contribution in [2.45, 2.75) is 18.4 Å². The first-order valence-electron chi connectivity index (χ1n) is 10.5. The van der Waals surface area contributed by atoms with E-state index in [4.69, 9.17) is 14.2 Å². The minimum Gasteiger partial charge on any atom is -0.467 e. The fourth-order valence-electron chi connectivity index (χ4n) is 4.02. The number of fused-ring (bicyclic) bond motifs is 3. The first-order chi connectivity index (χ1) is 15.8. The molecule has 33 heavy (non-hydrogen) atoms. The molecule has 3 rings (SSSR count). The van der Waals surface area contributed by atoms with Crippen LogP contribution < -0.4 is 5.32 Å². The van der Waals surface area contributed by atoms with Crippen LogP contribution in [-0.2, 0) is 19.0 Å². The SMILES string of the molecule is C=CCOC(=O)N(C)C[C@](C)(NC(=O)OCC1c2ccccc2-c2ccccc21)C(=O)OC. The van der Waals surface area contributed by atoms with Gasteiger partial charge in [0.2, 0.25) is 0 Å². The molecule has 0 radical (unpaired) electrons. The van der Waals surface area contributed by atoms with E-state index in [1.807, 2.05) is 48.5 Å². The van der Waals surface area contributed by atoms with Crippen LogP contribution >= 0.6 is 0 Å². The van der Waals surface area contributed by atoms with Crippen LogP contribution in [-0.4, -0.2) is 62.5 Å². The molecule has 1 N–H and O–H groups in total. The summed E-state index contributed by atoms with van der Waals surface area (Å²) in [5.41, 5.74) is 2.83. The predicted octanol–water partition coefficient (Wildman–Crippen LogP) is 3.71. The number of nitrogens with one attached hydrogen (secondary N) is 1. The van der Waals surface area contributed by atoms with Crippen molar-refractivity contribution >= 4 is 18.2 Å². The van der Waals surface area contributed by atoms with Crippen LogP contribution in [0.5, 0.6) is 0 Å². The Labute approximate surface area is 193 Å². The van der Waals surface area contributed by atoms with Crippen LogP contribution in [0.1, 0.15) is 24.0 Å². The standard InChI is InChI=1S/C25H28N2O6/c1-5-14-32-24(30)27(3)16-25(2,22(28)31-4)26-23(29)33-15-21-19-12-8-6-10-17(19)18-11-7-9-13-20(18)21/h5-13,21H,1,14-16H2,2-4H3,(H,26,29)/t25-/m0/s1. The van der Waals surface area contributed by atoms with Crippen LogP contribution in [0.4, 0.5) is 9.59 Å². The van der Waals surface area contributed by atoms with E-state index in [9.17, 15) is 14.4 Å². The molecule has 0 unspecified atom stereocenters. The van der Waals surface area contributed by atoms with E-state index in [1.54, 1.807) is 0 Å². The van der Waals surface area contributed by atoms with E-state index >= 15 is 0 Å². The molecule has 2 amide bonds. The molecule has 0 spiro atoms. The highest BCUT2D eigenvalue weighted by molar-refractivity contribution is 5.86. The van der Waals surface area contributed by atoms with Gasteiger partial charge in [0.25, 0.3) is 0 Å². The molecule has 0 aromatic heterocycles. The summed E-state index contributed by atoms with van der Waals surface area (Å²) >= 11 is 0. The molecule has 2 aromatic carbocycles. The van der Waals surface area contributed by atoms with Crippen molar-refractivity contribution in [2.24, 2.45) is 0 Å². The zero-order chi connectivity index (χ0) is 24.0. The quantitative estimate of drug-likeness (QED) is 0.373. The van der Waals surface area contributed by atoms with Gasteiger partial charge in [0, 0.05) is 13.0 Å². The molecule has 0 bridgehead atoms. The number of hydrogen-bond donors (Lipinski definition) is 1. The molecule has 8 nitrogen and oxygen atoms in total. The summed E-state index contributed by atoms with van der Waals surface area (Å²) in [6, 6.07) is 16.0. The van der Waals surface area contributed by atoms with Crippen molar-refractivity contribution in [1.29, 1.82) is 0 Å². The minimum atomic E-state index is -1.54. The van der Waals surface area contributed by atoms with Crippen LogP contribution in [0.3, 0.4) is 0 Å². The number of benzene rings is 2. The average Bonchev–Trinajstić information content (AvgIpc) is 3.14. The highest BCUT2D eigenvalue weighted by atomic mass is 16.6. The Hall–Kier alpha value is -3.81. The number of nitrogens with zero attached hydrogens (tertiary/aromatic N) is 1. The monoisotopic (exact) mass is 452 g/mol. The fourth-order valence-corrected chi connectivity index (χ4v) is 4.02. The Morgan fingerprint density at radius 1 is 1.06 bits per heavy atom. The van der Waals surface area contributed by atoms with E-state index < -0.39 is 23.7 Å². The normalized spacial score (nSPS) is 13.7. The fraction of sp³-hybridized carbons (Fsp3) is 0.320. The van der Waals surface area contributed by atoms with E-state index in [0.29, 0.717) is 0 Å². The van der Waals surface area contributed by atoms with Gasteiger partial charge < -0.3 is 24.4 Å². The number of rotatable bonds is 8. The van der Waals surface area contributed by atoms with Crippen LogP contribution in [0.25, 0.3) is 11.1 Å². The predicted molar refractivity (Wildman–Crippen MR) is 123 cm³/mol. The smallest absolute Gasteiger partial charge is 0.409 e. The Morgan fingerprint density at radius 3 is 2.18 bits per heavy atom. The van der Waals surface area contributed by atoms with Gasteiger partial charge in [-0.3, -0.25) is 0 Å². The van der Waals surface area contributed by atoms with Gasteiger partial charge in [-0.1, -0.05) is 61.2 Å². The Kier molecular flexibility index (Phi) is 7.37. The van der Waals surface area contributed by atoms with E-state index in [-0.39, 0.29) is 25.7 Å². The maximum Gasteiger partial charge on any atom is 0.409 e. The minimum absolute atomic E-state index is 0.0257. The molecule has 8 heteroatoms. The van der Waals surface area contributed by atoms with E-state index in [1.165, 1.54) is 32.1 Å². The number of carbonyl (C=O) groups excluding carboxylic acids is 3. The first kappa shape index (κ1) is 23.8. The molecular formula is C25H28N2O6. The summed E-state index contributed by atoms with van der Waals surface area (Å²) < 4.78 is 15.3. The summed E-state index contributed by atoms with van der Waals surface area (Å²) in [4.78, 5) is 38.4. The topological polar surface area (TPSA) is 94.2 Å². The van der Waals surface area contributed by atoms with Gasteiger partial charge in [0.1, 0.15) is 13.2 Å². The molecule has 1 atom stereocenters. The third-order valence-electron chi connectivity index (χ3n) is 5.55. The molecule has 1 aliphatic carbocycles. The molecule has 0 saturated heterocycles. The van der Waals surface area contributed by atoms with Gasteiger partial charge in [-0.15, -0.1) is 0 Å². The average molecular weight is 453 g/mol. The molecule has 0 aliphatic heterocycles. The lowest BCUT2D eigenvalue weighted by atomic mass is 9.98. The number of esters is 1. The lowest BCUT2D eigenvalue weighted by Crippen LogP contribution is -2.59. The van der Waals surface area contributed by atoms with E-state index in [2.05, 4.69) is 11.9 Å². The molecule has 2 aromatic rings. The summed E-state index contributed by atoms with van der Waals surface area (Å²) in [5.74, 6) is -0.844. The van der Waals surface area contributed by atoms with Gasteiger partial charge in [-0.05, 0) is 29.2 Å². The maximum atomic E-state index is 12.7. The van der Waals surface area contributed by atoms with Gasteiger partial charge in [-0.25, -0.2) is 14.4 Å². The largest absolute Gasteiger partial charge is 0.467 e. The number of likely N-dealkylation sites (N-methyl/N-ethyl adjacent to an activating group) is 1. The van der Waals surface area contributed by atoms with Gasteiger partial charge in [0.15, 0.2) is 5.54 Å². The molecule has 1 aliphatic rings. The summed E-state index contributed by atoms with van der Waals surface area (Å²) in [6.45, 7) is 4.88. The van der Waals surface area contributed by atoms with Crippen molar-refractivity contribution in [2.75, 3.05) is 33.9 Å². The summed E-state index contributed by atoms with van der Waals surface area (Å²) in [7, 11) is 2.65. The van der Waals surface area contributed by atoms with Crippen molar-refractivity contribution in [3.8, 4) is 11.1 Å². The molecule has 0 heterocycles. The number of amides is 2. The Bertz CT molecular complexity index is 1010. The molecule has 0 fully saturated rings. The Morgan fingerprint density at radius 2 is 1.64 bits per heavy atom. The molecule has 174 valence electrons. The van der Waals surface area contributed by atoms with Crippen molar-refractivity contribution < 1.29 is 28.6 Å². The second-order valence-electron chi connectivity index (χ2n) is 8.00. The van der Waals surface area contributed by atoms with E-state index in [0.717, 1.165) is 22.3 Å². The van der Waals surface area contributed by atoms with Crippen molar-refractivity contribution in [3.63, 3.8) is 0 Å². The third kappa shape index (κ3) is 5.16. The third-order valence-corrected chi connectivity index (χ3v) is 5.55. The van der Waals surface area contributed by atoms with Crippen LogP contribution in [0, 0.1) is 0 Å². The number of methoxy groups -OCH3 is 1. The number of ether oxygens (including phenoxy) is 3. The lowest BCUT2D eigenvalue weighted by Gasteiger charge is -2.31. The van der Waals surface area contributed by atoms with Crippen LogP contribution in [0.15, 0.2) is 61.2 Å². The van der Waals surface area contributed by atoms with Gasteiger partial charge >= 0.3 is 18.2 Å². The molecular weight excluding hydrogens is 424 g/mol. The van der Waals surface area contributed by atoms with Crippen molar-refractivity contribution in [1.82, 2.24) is 10.2 Å². The second kappa shape index (κ2) is 10.2. The van der Waals surface area contributed by atoms with Crippen LogP contribution in [0.2, 0.25) is 0 Å². The highest BCUT2D eigenvalue weighted by Gasteiger charge is 2.40. The lowest BCUT2D eigenvalue weighted by molar-refractivity contribution is -0.148. The zero-order valence-corrected chi connectivity index (χ0v) is 19.0. The second-order valence-corrected chi connectivity index (χ2v) is 8.00. The van der Waals surface area contributed by atoms with Gasteiger partial charge in [-0.2, -0.15) is 0 Å². The Balaban J connectivity index is 1.69. The van der Waals surface area contributed by atoms with Crippen molar-refractivity contribution in [3.05, 3.63) is 72.3 Å². The first-order valence-corrected chi connectivity index (χ1v) is 10.5. The summed E-state index contributed by atoms with van der Waals surface area (Å²) in [5, 5.41) is 2.55. The molecule has 0 saturated carbocycles. The van der Waals surface area contributed by atoms with Gasteiger partial charge in [0.05, 0.1) is 13.7 Å². The zero-order valence-electron chi connectivity index (χ0n) is 19.0.